The summed E-state index contributed by atoms with van der Waals surface area (Å²) in [6, 6.07) is 0. The molecule has 1 nitrogen and oxygen atoms in total. The maximum atomic E-state index is 11.7. The molecule has 0 saturated heterocycles. The minimum absolute atomic E-state index is 0.179. The molecule has 0 bridgehead atoms. The molecular weight excluding hydrogens is 169 g/mol. The van der Waals surface area contributed by atoms with Gasteiger partial charge in [0.05, 0.1) is 0 Å². The maximum absolute atomic E-state index is 11.7. The molecule has 0 aliphatic rings. The fourth-order valence-corrected chi connectivity index (χ4v) is 0.883. The fourth-order valence-electron chi connectivity index (χ4n) is 0.883. The Hall–Kier alpha value is -0.250. The molecular formula is C8H15F3O. The van der Waals surface area contributed by atoms with Gasteiger partial charge < -0.3 is 5.11 Å². The van der Waals surface area contributed by atoms with Crippen molar-refractivity contribution < 1.29 is 18.3 Å². The zero-order valence-corrected chi connectivity index (χ0v) is 7.36. The molecule has 0 saturated carbocycles. The highest BCUT2D eigenvalue weighted by atomic mass is 19.4. The average molecular weight is 184 g/mol. The molecule has 1 atom stereocenters. The summed E-state index contributed by atoms with van der Waals surface area (Å²) in [6.45, 7) is 3.89. The predicted octanol–water partition coefficient (Wildman–Crippen LogP) is 2.74. The number of aliphatic hydroxyl groups excluding tert-OH is 1. The lowest BCUT2D eigenvalue weighted by molar-refractivity contribution is -0.205. The fraction of sp³-hybridized carbons (Fsp3) is 1.00. The zero-order valence-electron chi connectivity index (χ0n) is 7.36. The summed E-state index contributed by atoms with van der Waals surface area (Å²) >= 11 is 0. The molecule has 12 heavy (non-hydrogen) atoms. The second-order valence-corrected chi connectivity index (χ2v) is 3.38. The molecule has 0 aromatic heterocycles. The first-order valence-corrected chi connectivity index (χ1v) is 4.09. The van der Waals surface area contributed by atoms with Gasteiger partial charge in [0.1, 0.15) is 6.10 Å². The van der Waals surface area contributed by atoms with Crippen molar-refractivity contribution in [1.29, 1.82) is 0 Å². The van der Waals surface area contributed by atoms with Gasteiger partial charge in [0.15, 0.2) is 0 Å². The first kappa shape index (κ1) is 11.8. The van der Waals surface area contributed by atoms with Crippen LogP contribution in [0.5, 0.6) is 0 Å². The van der Waals surface area contributed by atoms with E-state index in [1.807, 2.05) is 13.8 Å². The van der Waals surface area contributed by atoms with E-state index in [-0.39, 0.29) is 6.42 Å². The molecule has 0 rings (SSSR count). The van der Waals surface area contributed by atoms with E-state index in [9.17, 15) is 13.2 Å². The number of halogens is 3. The lowest BCUT2D eigenvalue weighted by atomic mass is 10.0. The molecule has 0 aromatic carbocycles. The molecule has 0 heterocycles. The first-order chi connectivity index (χ1) is 5.34. The second-order valence-electron chi connectivity index (χ2n) is 3.38. The van der Waals surface area contributed by atoms with E-state index in [0.717, 1.165) is 6.42 Å². The average Bonchev–Trinajstić information content (AvgIpc) is 1.84. The van der Waals surface area contributed by atoms with Gasteiger partial charge in [-0.2, -0.15) is 13.2 Å². The van der Waals surface area contributed by atoms with Gasteiger partial charge in [-0.1, -0.05) is 26.7 Å². The molecule has 0 spiro atoms. The largest absolute Gasteiger partial charge is 0.414 e. The zero-order chi connectivity index (χ0) is 9.78. The standard InChI is InChI=1S/C8H15F3O/c1-6(2)4-3-5-7(12)8(9,10)11/h6-7,12H,3-5H2,1-2H3/t7-/m0/s1. The van der Waals surface area contributed by atoms with Gasteiger partial charge in [0.2, 0.25) is 0 Å². The van der Waals surface area contributed by atoms with Gasteiger partial charge in [0, 0.05) is 0 Å². The third-order valence-electron chi connectivity index (χ3n) is 1.64. The van der Waals surface area contributed by atoms with Crippen LogP contribution in [-0.4, -0.2) is 17.4 Å². The Morgan fingerprint density at radius 1 is 1.17 bits per heavy atom. The summed E-state index contributed by atoms with van der Waals surface area (Å²) in [5.74, 6) is 0.394. The van der Waals surface area contributed by atoms with Crippen molar-refractivity contribution in [2.75, 3.05) is 0 Å². The van der Waals surface area contributed by atoms with Gasteiger partial charge in [-0.05, 0) is 12.3 Å². The van der Waals surface area contributed by atoms with E-state index >= 15 is 0 Å². The van der Waals surface area contributed by atoms with E-state index in [4.69, 9.17) is 5.11 Å². The SMILES string of the molecule is CC(C)CCC[C@H](O)C(F)(F)F. The molecule has 74 valence electrons. The third kappa shape index (κ3) is 5.41. The summed E-state index contributed by atoms with van der Waals surface area (Å²) in [5.41, 5.74) is 0. The highest BCUT2D eigenvalue weighted by molar-refractivity contribution is 4.65. The van der Waals surface area contributed by atoms with Gasteiger partial charge in [0.25, 0.3) is 0 Å². The van der Waals surface area contributed by atoms with Gasteiger partial charge >= 0.3 is 6.18 Å². The van der Waals surface area contributed by atoms with Crippen LogP contribution in [0.15, 0.2) is 0 Å². The first-order valence-electron chi connectivity index (χ1n) is 4.09. The van der Waals surface area contributed by atoms with Crippen molar-refractivity contribution in [3.8, 4) is 0 Å². The molecule has 0 fully saturated rings. The summed E-state index contributed by atoms with van der Waals surface area (Å²) < 4.78 is 35.2. The minimum Gasteiger partial charge on any atom is -0.384 e. The number of aliphatic hydroxyl groups is 1. The van der Waals surface area contributed by atoms with Crippen LogP contribution in [0.25, 0.3) is 0 Å². The normalized spacial score (nSPS) is 15.2. The lowest BCUT2D eigenvalue weighted by Gasteiger charge is -2.14. The number of alkyl halides is 3. The maximum Gasteiger partial charge on any atom is 0.414 e. The summed E-state index contributed by atoms with van der Waals surface area (Å²) in [6.07, 6.45) is -5.61. The smallest absolute Gasteiger partial charge is 0.384 e. The van der Waals surface area contributed by atoms with Gasteiger partial charge in [-0.15, -0.1) is 0 Å². The van der Waals surface area contributed by atoms with Gasteiger partial charge in [-0.25, -0.2) is 0 Å². The number of hydrogen-bond acceptors (Lipinski definition) is 1. The lowest BCUT2D eigenvalue weighted by Crippen LogP contribution is -2.28. The predicted molar refractivity (Wildman–Crippen MR) is 40.8 cm³/mol. The Balaban J connectivity index is 3.51. The number of hydrogen-bond donors (Lipinski definition) is 1. The van der Waals surface area contributed by atoms with Crippen molar-refractivity contribution in [2.45, 2.75) is 45.4 Å². The van der Waals surface area contributed by atoms with Crippen molar-refractivity contribution in [3.63, 3.8) is 0 Å². The van der Waals surface area contributed by atoms with Crippen LogP contribution in [0.2, 0.25) is 0 Å². The molecule has 0 amide bonds. The minimum atomic E-state index is -4.45. The van der Waals surface area contributed by atoms with Crippen LogP contribution in [0.4, 0.5) is 13.2 Å². The molecule has 0 unspecified atom stereocenters. The summed E-state index contributed by atoms with van der Waals surface area (Å²) in [5, 5.41) is 8.57. The Morgan fingerprint density at radius 3 is 2.00 bits per heavy atom. The highest BCUT2D eigenvalue weighted by Gasteiger charge is 2.37. The third-order valence-corrected chi connectivity index (χ3v) is 1.64. The monoisotopic (exact) mass is 184 g/mol. The molecule has 0 aliphatic carbocycles. The molecule has 4 heteroatoms. The Kier molecular flexibility index (Phi) is 4.60. The van der Waals surface area contributed by atoms with Crippen LogP contribution in [0, 0.1) is 5.92 Å². The Labute approximate surface area is 70.6 Å². The molecule has 0 aromatic rings. The van der Waals surface area contributed by atoms with E-state index in [1.54, 1.807) is 0 Å². The summed E-state index contributed by atoms with van der Waals surface area (Å²) in [4.78, 5) is 0. The van der Waals surface area contributed by atoms with Gasteiger partial charge in [-0.3, -0.25) is 0 Å². The van der Waals surface area contributed by atoms with E-state index in [2.05, 4.69) is 0 Å². The summed E-state index contributed by atoms with van der Waals surface area (Å²) in [7, 11) is 0. The van der Waals surface area contributed by atoms with Crippen LogP contribution >= 0.6 is 0 Å². The number of rotatable bonds is 4. The van der Waals surface area contributed by atoms with Crippen LogP contribution < -0.4 is 0 Å². The molecule has 1 N–H and O–H groups in total. The molecule has 0 aliphatic heterocycles. The van der Waals surface area contributed by atoms with E-state index in [1.165, 1.54) is 0 Å². The van der Waals surface area contributed by atoms with Crippen molar-refractivity contribution in [3.05, 3.63) is 0 Å². The van der Waals surface area contributed by atoms with Crippen LogP contribution in [0.3, 0.4) is 0 Å². The van der Waals surface area contributed by atoms with Crippen molar-refractivity contribution in [1.82, 2.24) is 0 Å². The van der Waals surface area contributed by atoms with E-state index < -0.39 is 12.3 Å². The van der Waals surface area contributed by atoms with Crippen molar-refractivity contribution in [2.24, 2.45) is 5.92 Å². The topological polar surface area (TPSA) is 20.2 Å². The van der Waals surface area contributed by atoms with E-state index in [0.29, 0.717) is 12.3 Å². The second kappa shape index (κ2) is 4.70. The Morgan fingerprint density at radius 2 is 1.67 bits per heavy atom. The molecule has 0 radical (unpaired) electrons. The van der Waals surface area contributed by atoms with Crippen molar-refractivity contribution >= 4 is 0 Å². The highest BCUT2D eigenvalue weighted by Crippen LogP contribution is 2.24. The Bertz CT molecular complexity index is 120. The quantitative estimate of drug-likeness (QED) is 0.712. The van der Waals surface area contributed by atoms with Crippen LogP contribution in [-0.2, 0) is 0 Å². The van der Waals surface area contributed by atoms with Crippen LogP contribution in [0.1, 0.15) is 33.1 Å².